The van der Waals surface area contributed by atoms with Gasteiger partial charge in [0.1, 0.15) is 36.6 Å². The van der Waals surface area contributed by atoms with Crippen molar-refractivity contribution in [3.63, 3.8) is 0 Å². The second-order valence-electron chi connectivity index (χ2n) is 15.7. The van der Waals surface area contributed by atoms with Crippen molar-refractivity contribution in [3.05, 3.63) is 0 Å². The van der Waals surface area contributed by atoms with Crippen LogP contribution in [0.25, 0.3) is 0 Å². The molecule has 8 unspecified atom stereocenters. The van der Waals surface area contributed by atoms with Crippen LogP contribution in [0.2, 0.25) is 0 Å². The summed E-state index contributed by atoms with van der Waals surface area (Å²) in [6.07, 6.45) is -7.86. The zero-order chi connectivity index (χ0) is 46.8. The van der Waals surface area contributed by atoms with Gasteiger partial charge in [0.05, 0.1) is 51.5 Å². The monoisotopic (exact) mass is 882 g/mol. The Kier molecular flexibility index (Phi) is 30.1. The van der Waals surface area contributed by atoms with Gasteiger partial charge in [-0.25, -0.2) is 0 Å². The standard InChI is InChI=1S/C42H74O19/c1-3-5-7-9-11-13-15-17-19-27(35(55)29(49)21-43)41(37(57)31(51)23-45,38(58)32(52)24-46)61-42(39(59)33(53)25-47,40(60)34(54)26-48)28(36(56)30(50)22-44)20-18-16-14-12-10-8-6-4-2/h27-34,43-54H,3-26H2,1-2H3. The van der Waals surface area contributed by atoms with Crippen LogP contribution in [0.4, 0.5) is 0 Å². The summed E-state index contributed by atoms with van der Waals surface area (Å²) in [6.45, 7) is -5.04. The number of ether oxygens (including phenoxy) is 1. The normalized spacial score (nSPS) is 17.8. The topological polar surface area (TPSA) is 354 Å². The molecule has 0 fully saturated rings. The highest BCUT2D eigenvalue weighted by Crippen LogP contribution is 2.43. The van der Waals surface area contributed by atoms with E-state index in [0.717, 1.165) is 51.4 Å². The molecule has 0 rings (SSSR count). The molecule has 0 aromatic carbocycles. The van der Waals surface area contributed by atoms with Crippen molar-refractivity contribution in [1.82, 2.24) is 0 Å². The van der Waals surface area contributed by atoms with E-state index in [1.165, 1.54) is 0 Å². The molecule has 12 N–H and O–H groups in total. The van der Waals surface area contributed by atoms with E-state index < -0.39 is 147 Å². The first-order valence-corrected chi connectivity index (χ1v) is 21.6. The van der Waals surface area contributed by atoms with Gasteiger partial charge in [0.15, 0.2) is 11.6 Å². The first-order chi connectivity index (χ1) is 29.0. The number of aliphatic hydroxyl groups excluding tert-OH is 12. The molecule has 0 saturated carbocycles. The van der Waals surface area contributed by atoms with Gasteiger partial charge in [0.25, 0.3) is 0 Å². The smallest absolute Gasteiger partial charge is 0.203 e. The number of ketones is 6. The van der Waals surface area contributed by atoms with Gasteiger partial charge in [-0.2, -0.15) is 0 Å². The molecule has 61 heavy (non-hydrogen) atoms. The van der Waals surface area contributed by atoms with E-state index in [9.17, 15) is 90.0 Å². The minimum atomic E-state index is -4.06. The molecule has 19 heteroatoms. The van der Waals surface area contributed by atoms with Crippen LogP contribution in [-0.2, 0) is 33.5 Å². The summed E-state index contributed by atoms with van der Waals surface area (Å²) in [7, 11) is 0. The van der Waals surface area contributed by atoms with Crippen LogP contribution in [0.5, 0.6) is 0 Å². The van der Waals surface area contributed by atoms with E-state index in [4.69, 9.17) is 4.74 Å². The Bertz CT molecular complexity index is 1170. The molecule has 8 atom stereocenters. The van der Waals surface area contributed by atoms with Crippen molar-refractivity contribution in [3.8, 4) is 0 Å². The maximum absolute atomic E-state index is 14.7. The third kappa shape index (κ3) is 16.5. The fourth-order valence-electron chi connectivity index (χ4n) is 7.55. The van der Waals surface area contributed by atoms with Crippen LogP contribution >= 0.6 is 0 Å². The Morgan fingerprint density at radius 2 is 0.574 bits per heavy atom. The Hall–Kier alpha value is -2.50. The third-order valence-electron chi connectivity index (χ3n) is 11.1. The lowest BCUT2D eigenvalue weighted by atomic mass is 9.67. The van der Waals surface area contributed by atoms with E-state index in [2.05, 4.69) is 0 Å². The predicted octanol–water partition coefficient (Wildman–Crippen LogP) is -1.69. The summed E-state index contributed by atoms with van der Waals surface area (Å²) in [5.74, 6) is -16.8. The largest absolute Gasteiger partial charge is 0.393 e. The summed E-state index contributed by atoms with van der Waals surface area (Å²) in [5.41, 5.74) is -8.12. The fourth-order valence-corrected chi connectivity index (χ4v) is 7.55. The molecule has 0 radical (unpaired) electrons. The number of Topliss-reactive ketones (excluding diaryl/α,β-unsaturated/α-hetero) is 6. The molecule has 0 heterocycles. The lowest BCUT2D eigenvalue weighted by Crippen LogP contribution is -2.74. The Labute approximate surface area is 357 Å². The molecular weight excluding hydrogens is 808 g/mol. The van der Waals surface area contributed by atoms with Crippen LogP contribution in [0.3, 0.4) is 0 Å². The highest BCUT2D eigenvalue weighted by molar-refractivity contribution is 6.21. The molecule has 0 spiro atoms. The first-order valence-electron chi connectivity index (χ1n) is 21.6. The molecule has 0 saturated heterocycles. The van der Waals surface area contributed by atoms with E-state index in [1.807, 2.05) is 13.8 Å². The van der Waals surface area contributed by atoms with E-state index in [-0.39, 0.29) is 25.7 Å². The quantitative estimate of drug-likeness (QED) is 0.0241. The summed E-state index contributed by atoms with van der Waals surface area (Å²) in [5, 5.41) is 125. The average Bonchev–Trinajstić information content (AvgIpc) is 3.28. The lowest BCUT2D eigenvalue weighted by molar-refractivity contribution is -0.222. The van der Waals surface area contributed by atoms with Gasteiger partial charge in [-0.05, 0) is 12.8 Å². The molecule has 0 aliphatic carbocycles. The first kappa shape index (κ1) is 58.5. The molecule has 0 aliphatic rings. The molecule has 356 valence electrons. The van der Waals surface area contributed by atoms with Crippen molar-refractivity contribution in [1.29, 1.82) is 0 Å². The minimum absolute atomic E-state index is 0.143. The molecule has 0 aromatic heterocycles. The third-order valence-corrected chi connectivity index (χ3v) is 11.1. The minimum Gasteiger partial charge on any atom is -0.393 e. The fraction of sp³-hybridized carbons (Fsp3) is 0.857. The van der Waals surface area contributed by atoms with Crippen LogP contribution in [0, 0.1) is 11.8 Å². The van der Waals surface area contributed by atoms with Crippen molar-refractivity contribution >= 4 is 34.7 Å². The van der Waals surface area contributed by atoms with Crippen LogP contribution in [0.1, 0.15) is 129 Å². The summed E-state index contributed by atoms with van der Waals surface area (Å²) < 4.78 is 6.06. The molecule has 19 nitrogen and oxygen atoms in total. The van der Waals surface area contributed by atoms with Crippen LogP contribution in [-0.4, -0.2) is 183 Å². The van der Waals surface area contributed by atoms with Gasteiger partial charge >= 0.3 is 0 Å². The number of carbonyl (C=O) groups is 6. The number of hydrogen-bond donors (Lipinski definition) is 12. The molecule has 0 bridgehead atoms. The van der Waals surface area contributed by atoms with Gasteiger partial charge in [-0.3, -0.25) is 28.8 Å². The van der Waals surface area contributed by atoms with Gasteiger partial charge in [0.2, 0.25) is 34.3 Å². The number of hydrogen-bond acceptors (Lipinski definition) is 19. The van der Waals surface area contributed by atoms with Crippen molar-refractivity contribution in [2.24, 2.45) is 11.8 Å². The second kappa shape index (κ2) is 31.4. The van der Waals surface area contributed by atoms with Gasteiger partial charge < -0.3 is 66.0 Å². The SMILES string of the molecule is CCCCCCCCCCC(C(=O)C(O)CO)C(OC(C(=O)C(O)CO)(C(=O)C(O)CO)C(CCCCCCCCCC)C(=O)C(O)CO)(C(=O)C(O)CO)C(=O)C(O)CO. The number of aliphatic hydroxyl groups is 12. The predicted molar refractivity (Wildman–Crippen MR) is 217 cm³/mol. The average molecular weight is 883 g/mol. The highest BCUT2D eigenvalue weighted by Gasteiger charge is 2.68. The van der Waals surface area contributed by atoms with Crippen molar-refractivity contribution in [2.45, 2.75) is 177 Å². The van der Waals surface area contributed by atoms with Gasteiger partial charge in [-0.1, -0.05) is 117 Å². The Morgan fingerprint density at radius 3 is 0.787 bits per heavy atom. The van der Waals surface area contributed by atoms with E-state index in [0.29, 0.717) is 25.7 Å². The lowest BCUT2D eigenvalue weighted by Gasteiger charge is -2.48. The maximum atomic E-state index is 14.7. The van der Waals surface area contributed by atoms with E-state index in [1.54, 1.807) is 0 Å². The van der Waals surface area contributed by atoms with Gasteiger partial charge in [-0.15, -0.1) is 0 Å². The zero-order valence-corrected chi connectivity index (χ0v) is 35.8. The highest BCUT2D eigenvalue weighted by atomic mass is 16.6. The Balaban J connectivity index is 8.61. The molecular formula is C42H74O19. The summed E-state index contributed by atoms with van der Waals surface area (Å²) in [6, 6.07) is 0. The van der Waals surface area contributed by atoms with Crippen molar-refractivity contribution in [2.75, 3.05) is 39.6 Å². The molecule has 0 amide bonds. The molecule has 0 aliphatic heterocycles. The zero-order valence-electron chi connectivity index (χ0n) is 35.8. The number of carbonyl (C=O) groups excluding carboxylic acids is 6. The van der Waals surface area contributed by atoms with Crippen LogP contribution < -0.4 is 0 Å². The maximum Gasteiger partial charge on any atom is 0.203 e. The van der Waals surface area contributed by atoms with Gasteiger partial charge in [0, 0.05) is 0 Å². The summed E-state index contributed by atoms with van der Waals surface area (Å²) >= 11 is 0. The Morgan fingerprint density at radius 1 is 0.361 bits per heavy atom. The molecule has 0 aromatic rings. The van der Waals surface area contributed by atoms with Crippen LogP contribution in [0.15, 0.2) is 0 Å². The van der Waals surface area contributed by atoms with Crippen molar-refractivity contribution < 1.29 is 94.8 Å². The second-order valence-corrected chi connectivity index (χ2v) is 15.7. The van der Waals surface area contributed by atoms with E-state index >= 15 is 0 Å². The number of rotatable bonds is 40. The summed E-state index contributed by atoms with van der Waals surface area (Å²) in [4.78, 5) is 87.1. The number of unbranched alkanes of at least 4 members (excludes halogenated alkanes) is 14.